The zero-order valence-corrected chi connectivity index (χ0v) is 32.0. The number of fused-ring (bicyclic) bond motifs is 7. The van der Waals surface area contributed by atoms with E-state index in [0.29, 0.717) is 0 Å². The predicted molar refractivity (Wildman–Crippen MR) is 234 cm³/mol. The van der Waals surface area contributed by atoms with Gasteiger partial charge < -0.3 is 14.5 Å². The minimum absolute atomic E-state index is 0.842. The van der Waals surface area contributed by atoms with Crippen molar-refractivity contribution in [3.05, 3.63) is 182 Å². The lowest BCUT2D eigenvalue weighted by molar-refractivity contribution is 0.477. The second-order valence-electron chi connectivity index (χ2n) is 15.0. The minimum atomic E-state index is -1.84. The number of hydrogen-bond donors (Lipinski definition) is 0. The molecule has 4 heterocycles. The van der Waals surface area contributed by atoms with Crippen molar-refractivity contribution < 1.29 is 4.74 Å². The highest BCUT2D eigenvalue weighted by Gasteiger charge is 2.38. The van der Waals surface area contributed by atoms with Crippen molar-refractivity contribution in [3.8, 4) is 33.8 Å². The summed E-state index contributed by atoms with van der Waals surface area (Å²) in [4.78, 5) is 14.5. The number of ether oxygens (including phenoxy) is 1. The molecule has 0 N–H and O–H groups in total. The van der Waals surface area contributed by atoms with Crippen molar-refractivity contribution in [2.45, 2.75) is 13.1 Å². The van der Waals surface area contributed by atoms with Crippen LogP contribution >= 0.6 is 0 Å². The molecule has 2 aliphatic heterocycles. The van der Waals surface area contributed by atoms with Gasteiger partial charge in [0, 0.05) is 45.9 Å². The van der Waals surface area contributed by atoms with Crippen LogP contribution < -0.4 is 24.9 Å². The lowest BCUT2D eigenvalue weighted by Gasteiger charge is -2.41. The van der Waals surface area contributed by atoms with E-state index >= 15 is 0 Å². The first-order valence-electron chi connectivity index (χ1n) is 19.1. The van der Waals surface area contributed by atoms with E-state index in [1.54, 1.807) is 0 Å². The average Bonchev–Trinajstić information content (AvgIpc) is 3.25. The van der Waals surface area contributed by atoms with Crippen molar-refractivity contribution in [2.24, 2.45) is 0 Å². The standard InChI is InChI=1S/C50H36N4OSi/c1-56(2)47-17-9-5-13-43(47)54(44-14-6-10-18-48(44)56)36-25-21-34(22-26-36)38-30-32-52-50-40(38)28-27-39-37(29-31-51-49(39)50)33-19-23-35(24-20-33)53-41-11-3-7-15-45(41)55-46-16-8-4-12-42(46)53/h3-32H,1-2H3. The van der Waals surface area contributed by atoms with Gasteiger partial charge in [0.1, 0.15) is 8.07 Å². The molecular weight excluding hydrogens is 701 g/mol. The average molecular weight is 737 g/mol. The van der Waals surface area contributed by atoms with Crippen LogP contribution in [0.3, 0.4) is 0 Å². The molecule has 11 rings (SSSR count). The Morgan fingerprint density at radius 1 is 0.411 bits per heavy atom. The van der Waals surface area contributed by atoms with Crippen LogP contribution in [0.5, 0.6) is 11.5 Å². The Morgan fingerprint density at radius 2 is 0.804 bits per heavy atom. The third-order valence-corrected chi connectivity index (χ3v) is 15.1. The molecule has 7 aromatic carbocycles. The van der Waals surface area contributed by atoms with Crippen LogP contribution in [-0.2, 0) is 0 Å². The molecule has 2 aromatic heterocycles. The summed E-state index contributed by atoms with van der Waals surface area (Å²) in [5, 5.41) is 5.08. The summed E-state index contributed by atoms with van der Waals surface area (Å²) in [7, 11) is -1.84. The smallest absolute Gasteiger partial charge is 0.151 e. The normalized spacial score (nSPS) is 13.8. The van der Waals surface area contributed by atoms with Gasteiger partial charge >= 0.3 is 0 Å². The Kier molecular flexibility index (Phi) is 7.24. The highest BCUT2D eigenvalue weighted by atomic mass is 28.3. The molecule has 56 heavy (non-hydrogen) atoms. The predicted octanol–water partition coefficient (Wildman–Crippen LogP) is 12.3. The number of para-hydroxylation sites is 6. The number of hydrogen-bond acceptors (Lipinski definition) is 5. The van der Waals surface area contributed by atoms with Crippen LogP contribution in [0.25, 0.3) is 44.1 Å². The van der Waals surface area contributed by atoms with E-state index in [-0.39, 0.29) is 0 Å². The number of benzene rings is 7. The van der Waals surface area contributed by atoms with Gasteiger partial charge in [-0.3, -0.25) is 9.97 Å². The number of rotatable bonds is 4. The molecule has 9 aromatic rings. The molecule has 266 valence electrons. The van der Waals surface area contributed by atoms with E-state index in [1.165, 1.54) is 21.7 Å². The SMILES string of the molecule is C[Si]1(C)c2ccccc2N(c2ccc(-c3ccnc4c3ccc3c(-c5ccc(N6c7ccccc7Oc7ccccc76)cc5)ccnc34)cc2)c2ccccc21. The second-order valence-corrected chi connectivity index (χ2v) is 19.4. The molecule has 0 fully saturated rings. The van der Waals surface area contributed by atoms with Crippen molar-refractivity contribution in [3.63, 3.8) is 0 Å². The Hall–Kier alpha value is -7.02. The Morgan fingerprint density at radius 3 is 1.27 bits per heavy atom. The van der Waals surface area contributed by atoms with Gasteiger partial charge in [-0.05, 0) is 105 Å². The lowest BCUT2D eigenvalue weighted by Crippen LogP contribution is -2.58. The van der Waals surface area contributed by atoms with E-state index in [0.717, 1.165) is 78.3 Å². The monoisotopic (exact) mass is 736 g/mol. The van der Waals surface area contributed by atoms with Crippen LogP contribution in [0.4, 0.5) is 34.1 Å². The summed E-state index contributed by atoms with van der Waals surface area (Å²) in [6.45, 7) is 4.92. The van der Waals surface area contributed by atoms with E-state index in [1.807, 2.05) is 36.7 Å². The molecule has 0 saturated carbocycles. The fraction of sp³-hybridized carbons (Fsp3) is 0.0400. The van der Waals surface area contributed by atoms with Crippen molar-refractivity contribution in [2.75, 3.05) is 9.80 Å². The number of anilines is 6. The topological polar surface area (TPSA) is 41.5 Å². The molecule has 5 nitrogen and oxygen atoms in total. The first-order valence-corrected chi connectivity index (χ1v) is 22.1. The van der Waals surface area contributed by atoms with Crippen LogP contribution in [0.1, 0.15) is 0 Å². The van der Waals surface area contributed by atoms with E-state index < -0.39 is 8.07 Å². The Balaban J connectivity index is 0.953. The molecule has 0 bridgehead atoms. The number of pyridine rings is 2. The number of aromatic nitrogens is 2. The maximum Gasteiger partial charge on any atom is 0.151 e. The summed E-state index contributed by atoms with van der Waals surface area (Å²) >= 11 is 0. The fourth-order valence-corrected chi connectivity index (χ4v) is 11.8. The highest BCUT2D eigenvalue weighted by molar-refractivity contribution is 7.02. The van der Waals surface area contributed by atoms with Crippen molar-refractivity contribution in [1.82, 2.24) is 9.97 Å². The zero-order chi connectivity index (χ0) is 37.4. The highest BCUT2D eigenvalue weighted by Crippen LogP contribution is 2.50. The van der Waals surface area contributed by atoms with Crippen LogP contribution in [0.2, 0.25) is 13.1 Å². The first kappa shape index (κ1) is 32.4. The van der Waals surface area contributed by atoms with Crippen molar-refractivity contribution >= 4 is 74.4 Å². The van der Waals surface area contributed by atoms with Gasteiger partial charge in [-0.15, -0.1) is 0 Å². The molecule has 2 aliphatic rings. The fourth-order valence-electron chi connectivity index (χ4n) is 8.84. The van der Waals surface area contributed by atoms with Crippen LogP contribution in [0, 0.1) is 0 Å². The Bertz CT molecular complexity index is 2900. The summed E-state index contributed by atoms with van der Waals surface area (Å²) in [6.07, 6.45) is 3.82. The molecule has 0 spiro atoms. The molecule has 0 saturated heterocycles. The third kappa shape index (κ3) is 4.93. The number of nitrogens with zero attached hydrogens (tertiary/aromatic N) is 4. The van der Waals surface area contributed by atoms with Gasteiger partial charge in [-0.1, -0.05) is 110 Å². The van der Waals surface area contributed by atoms with E-state index in [4.69, 9.17) is 14.7 Å². The molecule has 0 radical (unpaired) electrons. The lowest BCUT2D eigenvalue weighted by atomic mass is 9.96. The third-order valence-electron chi connectivity index (χ3n) is 11.6. The largest absolute Gasteiger partial charge is 0.453 e. The minimum Gasteiger partial charge on any atom is -0.453 e. The van der Waals surface area contributed by atoms with E-state index in [2.05, 4.69) is 168 Å². The molecule has 0 atom stereocenters. The molecule has 0 unspecified atom stereocenters. The van der Waals surface area contributed by atoms with Crippen molar-refractivity contribution in [1.29, 1.82) is 0 Å². The molecule has 6 heteroatoms. The molecule has 0 amide bonds. The van der Waals surface area contributed by atoms with Gasteiger partial charge in [-0.2, -0.15) is 0 Å². The van der Waals surface area contributed by atoms with Crippen LogP contribution in [0.15, 0.2) is 182 Å². The quantitative estimate of drug-likeness (QED) is 0.133. The van der Waals surface area contributed by atoms with E-state index in [9.17, 15) is 0 Å². The summed E-state index contributed by atoms with van der Waals surface area (Å²) in [6, 6.07) is 60.6. The summed E-state index contributed by atoms with van der Waals surface area (Å²) < 4.78 is 6.25. The summed E-state index contributed by atoms with van der Waals surface area (Å²) in [5.41, 5.74) is 13.1. The second kappa shape index (κ2) is 12.5. The van der Waals surface area contributed by atoms with Gasteiger partial charge in [0.05, 0.1) is 22.4 Å². The van der Waals surface area contributed by atoms with Crippen LogP contribution in [-0.4, -0.2) is 18.0 Å². The molecular formula is C50H36N4OSi. The van der Waals surface area contributed by atoms with Gasteiger partial charge in [-0.25, -0.2) is 0 Å². The first-order chi connectivity index (χ1) is 27.5. The maximum absolute atomic E-state index is 6.25. The molecule has 0 aliphatic carbocycles. The maximum atomic E-state index is 6.25. The zero-order valence-electron chi connectivity index (χ0n) is 31.0. The Labute approximate surface area is 326 Å². The van der Waals surface area contributed by atoms with Gasteiger partial charge in [0.25, 0.3) is 0 Å². The van der Waals surface area contributed by atoms with Gasteiger partial charge in [0.2, 0.25) is 0 Å². The van der Waals surface area contributed by atoms with Gasteiger partial charge in [0.15, 0.2) is 11.5 Å². The summed E-state index contributed by atoms with van der Waals surface area (Å²) in [5.74, 6) is 1.68.